The summed E-state index contributed by atoms with van der Waals surface area (Å²) in [6.45, 7) is 2.64. The van der Waals surface area contributed by atoms with Crippen LogP contribution in [0.5, 0.6) is 5.75 Å². The van der Waals surface area contributed by atoms with Gasteiger partial charge in [-0.05, 0) is 36.9 Å². The highest BCUT2D eigenvalue weighted by molar-refractivity contribution is 8.00. The van der Waals surface area contributed by atoms with Crippen LogP contribution in [-0.2, 0) is 17.8 Å². The van der Waals surface area contributed by atoms with Crippen molar-refractivity contribution in [3.8, 4) is 5.75 Å². The zero-order chi connectivity index (χ0) is 18.4. The van der Waals surface area contributed by atoms with Gasteiger partial charge in [0.2, 0.25) is 5.91 Å². The average Bonchev–Trinajstić information content (AvgIpc) is 3.32. The van der Waals surface area contributed by atoms with Gasteiger partial charge in [0, 0.05) is 11.4 Å². The molecular formula is C18H20N4O2S2. The third-order valence-electron chi connectivity index (χ3n) is 3.78. The molecule has 0 aliphatic heterocycles. The standard InChI is InChI=1S/C18H20N4O2S2/c1-13(17(23)20-15-7-3-4-8-16(15)24-2)26-18-21-19-12-22(18)10-9-14-6-5-11-25-14/h3-8,11-13H,9-10H2,1-2H3,(H,20,23)/t13-/m1/s1. The fourth-order valence-electron chi connectivity index (χ4n) is 2.37. The van der Waals surface area contributed by atoms with Gasteiger partial charge in [0.25, 0.3) is 0 Å². The molecule has 0 aliphatic rings. The molecule has 26 heavy (non-hydrogen) atoms. The van der Waals surface area contributed by atoms with E-state index in [-0.39, 0.29) is 11.2 Å². The Hall–Kier alpha value is -2.32. The number of aryl methyl sites for hydroxylation is 2. The highest BCUT2D eigenvalue weighted by Crippen LogP contribution is 2.26. The number of aromatic nitrogens is 3. The van der Waals surface area contributed by atoms with Crippen LogP contribution in [0.15, 0.2) is 53.3 Å². The minimum atomic E-state index is -0.315. The summed E-state index contributed by atoms with van der Waals surface area (Å²) < 4.78 is 7.25. The Morgan fingerprint density at radius 2 is 2.19 bits per heavy atom. The molecule has 0 unspecified atom stereocenters. The van der Waals surface area contributed by atoms with E-state index in [1.54, 1.807) is 24.8 Å². The van der Waals surface area contributed by atoms with Crippen molar-refractivity contribution in [3.63, 3.8) is 0 Å². The van der Waals surface area contributed by atoms with E-state index in [9.17, 15) is 4.79 Å². The molecule has 6 nitrogen and oxygen atoms in total. The Bertz CT molecular complexity index is 849. The van der Waals surface area contributed by atoms with Gasteiger partial charge in [-0.2, -0.15) is 0 Å². The summed E-state index contributed by atoms with van der Waals surface area (Å²) in [5, 5.41) is 13.5. The molecule has 1 aromatic carbocycles. The third kappa shape index (κ3) is 4.64. The number of rotatable bonds is 8. The van der Waals surface area contributed by atoms with Gasteiger partial charge in [-0.15, -0.1) is 21.5 Å². The maximum absolute atomic E-state index is 12.5. The molecule has 0 saturated heterocycles. The molecule has 0 saturated carbocycles. The number of carbonyl (C=O) groups is 1. The van der Waals surface area contributed by atoms with Crippen LogP contribution in [0.25, 0.3) is 0 Å². The van der Waals surface area contributed by atoms with Gasteiger partial charge in [-0.3, -0.25) is 4.79 Å². The number of nitrogens with one attached hydrogen (secondary N) is 1. The molecular weight excluding hydrogens is 368 g/mol. The minimum Gasteiger partial charge on any atom is -0.495 e. The summed E-state index contributed by atoms with van der Waals surface area (Å²) in [5.41, 5.74) is 0.659. The van der Waals surface area contributed by atoms with E-state index < -0.39 is 0 Å². The number of carbonyl (C=O) groups excluding carboxylic acids is 1. The number of hydrogen-bond donors (Lipinski definition) is 1. The van der Waals surface area contributed by atoms with Crippen LogP contribution in [-0.4, -0.2) is 33.0 Å². The molecule has 1 N–H and O–H groups in total. The molecule has 136 valence electrons. The lowest BCUT2D eigenvalue weighted by atomic mass is 10.3. The molecule has 1 atom stereocenters. The Morgan fingerprint density at radius 1 is 1.35 bits per heavy atom. The summed E-state index contributed by atoms with van der Waals surface area (Å²) in [4.78, 5) is 13.8. The van der Waals surface area contributed by atoms with Crippen molar-refractivity contribution in [2.45, 2.75) is 30.3 Å². The maximum Gasteiger partial charge on any atom is 0.237 e. The van der Waals surface area contributed by atoms with E-state index in [2.05, 4.69) is 27.0 Å². The van der Waals surface area contributed by atoms with Crippen LogP contribution in [0.2, 0.25) is 0 Å². The smallest absolute Gasteiger partial charge is 0.237 e. The normalized spacial score (nSPS) is 11.9. The molecule has 3 aromatic rings. The lowest BCUT2D eigenvalue weighted by Crippen LogP contribution is -2.23. The van der Waals surface area contributed by atoms with Crippen molar-refractivity contribution in [2.24, 2.45) is 0 Å². The van der Waals surface area contributed by atoms with Crippen molar-refractivity contribution in [2.75, 3.05) is 12.4 Å². The summed E-state index contributed by atoms with van der Waals surface area (Å²) in [6, 6.07) is 11.5. The average molecular weight is 389 g/mol. The van der Waals surface area contributed by atoms with Gasteiger partial charge < -0.3 is 14.6 Å². The zero-order valence-electron chi connectivity index (χ0n) is 14.6. The predicted molar refractivity (Wildman–Crippen MR) is 105 cm³/mol. The van der Waals surface area contributed by atoms with Crippen LogP contribution in [0.3, 0.4) is 0 Å². The van der Waals surface area contributed by atoms with Crippen molar-refractivity contribution >= 4 is 34.7 Å². The first kappa shape index (κ1) is 18.5. The zero-order valence-corrected chi connectivity index (χ0v) is 16.2. The highest BCUT2D eigenvalue weighted by atomic mass is 32.2. The van der Waals surface area contributed by atoms with Crippen LogP contribution in [0.4, 0.5) is 5.69 Å². The summed E-state index contributed by atoms with van der Waals surface area (Å²) >= 11 is 3.13. The fourth-order valence-corrected chi connectivity index (χ4v) is 3.92. The molecule has 3 rings (SSSR count). The number of ether oxygens (including phenoxy) is 1. The number of thioether (sulfide) groups is 1. The minimum absolute atomic E-state index is 0.104. The fraction of sp³-hybridized carbons (Fsp3) is 0.278. The Labute approximate surface area is 160 Å². The Morgan fingerprint density at radius 3 is 2.96 bits per heavy atom. The van der Waals surface area contributed by atoms with Gasteiger partial charge in [0.05, 0.1) is 18.0 Å². The van der Waals surface area contributed by atoms with Gasteiger partial charge in [-0.25, -0.2) is 0 Å². The third-order valence-corrected chi connectivity index (χ3v) is 5.81. The van der Waals surface area contributed by atoms with E-state index in [4.69, 9.17) is 4.74 Å². The van der Waals surface area contributed by atoms with Gasteiger partial charge >= 0.3 is 0 Å². The van der Waals surface area contributed by atoms with Crippen LogP contribution in [0.1, 0.15) is 11.8 Å². The first-order valence-electron chi connectivity index (χ1n) is 8.18. The predicted octanol–water partition coefficient (Wildman–Crippen LogP) is 3.71. The quantitative estimate of drug-likeness (QED) is 0.596. The number of nitrogens with zero attached hydrogens (tertiary/aromatic N) is 3. The largest absolute Gasteiger partial charge is 0.495 e. The number of hydrogen-bond acceptors (Lipinski definition) is 6. The second kappa shape index (κ2) is 8.86. The van der Waals surface area contributed by atoms with E-state index in [0.717, 1.165) is 18.1 Å². The second-order valence-corrected chi connectivity index (χ2v) is 7.93. The summed E-state index contributed by atoms with van der Waals surface area (Å²) in [5.74, 6) is 0.532. The molecule has 0 radical (unpaired) electrons. The number of anilines is 1. The van der Waals surface area contributed by atoms with E-state index in [1.165, 1.54) is 16.6 Å². The molecule has 2 aromatic heterocycles. The Balaban J connectivity index is 1.60. The number of amides is 1. The van der Waals surface area contributed by atoms with Gasteiger partial charge in [-0.1, -0.05) is 30.0 Å². The molecule has 0 fully saturated rings. The molecule has 1 amide bonds. The van der Waals surface area contributed by atoms with Crippen molar-refractivity contribution in [1.82, 2.24) is 14.8 Å². The molecule has 0 spiro atoms. The number of benzene rings is 1. The lowest BCUT2D eigenvalue weighted by molar-refractivity contribution is -0.115. The number of para-hydroxylation sites is 2. The molecule has 8 heteroatoms. The van der Waals surface area contributed by atoms with Crippen molar-refractivity contribution < 1.29 is 9.53 Å². The first-order chi connectivity index (χ1) is 12.7. The highest BCUT2D eigenvalue weighted by Gasteiger charge is 2.19. The van der Waals surface area contributed by atoms with Crippen LogP contribution in [0, 0.1) is 0 Å². The lowest BCUT2D eigenvalue weighted by Gasteiger charge is -2.14. The maximum atomic E-state index is 12.5. The topological polar surface area (TPSA) is 69.0 Å². The Kier molecular flexibility index (Phi) is 6.30. The van der Waals surface area contributed by atoms with E-state index in [1.807, 2.05) is 41.8 Å². The van der Waals surface area contributed by atoms with Crippen molar-refractivity contribution in [1.29, 1.82) is 0 Å². The second-order valence-electron chi connectivity index (χ2n) is 5.59. The van der Waals surface area contributed by atoms with Crippen LogP contribution >= 0.6 is 23.1 Å². The summed E-state index contributed by atoms with van der Waals surface area (Å²) in [6.07, 6.45) is 2.63. The van der Waals surface area contributed by atoms with Crippen molar-refractivity contribution in [3.05, 3.63) is 53.0 Å². The van der Waals surface area contributed by atoms with Gasteiger partial charge in [0.15, 0.2) is 5.16 Å². The monoisotopic (exact) mass is 388 g/mol. The van der Waals surface area contributed by atoms with E-state index >= 15 is 0 Å². The van der Waals surface area contributed by atoms with E-state index in [0.29, 0.717) is 11.4 Å². The SMILES string of the molecule is COc1ccccc1NC(=O)[C@@H](C)Sc1nncn1CCc1cccs1. The van der Waals surface area contributed by atoms with Crippen LogP contribution < -0.4 is 10.1 Å². The number of methoxy groups -OCH3 is 1. The number of thiophene rings is 1. The molecule has 0 aliphatic carbocycles. The first-order valence-corrected chi connectivity index (χ1v) is 9.94. The summed E-state index contributed by atoms with van der Waals surface area (Å²) in [7, 11) is 1.58. The molecule has 2 heterocycles. The molecule has 0 bridgehead atoms. The van der Waals surface area contributed by atoms with Gasteiger partial charge in [0.1, 0.15) is 12.1 Å².